The molecule has 0 amide bonds. The molecule has 2 aromatic rings. The van der Waals surface area contributed by atoms with Gasteiger partial charge in [0.05, 0.1) is 11.0 Å². The maximum Gasteiger partial charge on any atom is 0.303 e. The molecule has 20 heavy (non-hydrogen) atoms. The lowest BCUT2D eigenvalue weighted by Crippen LogP contribution is -2.06. The van der Waals surface area contributed by atoms with Crippen molar-refractivity contribution < 1.29 is 9.90 Å². The Kier molecular flexibility index (Phi) is 4.45. The zero-order valence-corrected chi connectivity index (χ0v) is 12.2. The molecule has 0 radical (unpaired) electrons. The first-order chi connectivity index (χ1) is 9.47. The summed E-state index contributed by atoms with van der Waals surface area (Å²) in [6.07, 6.45) is 1.35. The van der Waals surface area contributed by atoms with Crippen LogP contribution in [0.3, 0.4) is 0 Å². The maximum atomic E-state index is 10.6. The number of benzene rings is 1. The molecular formula is C15H17ClN2O2. The van der Waals surface area contributed by atoms with Gasteiger partial charge < -0.3 is 9.67 Å². The van der Waals surface area contributed by atoms with Gasteiger partial charge in [-0.25, -0.2) is 4.98 Å². The van der Waals surface area contributed by atoms with Crippen LogP contribution in [0, 0.1) is 0 Å². The predicted octanol–water partition coefficient (Wildman–Crippen LogP) is 3.67. The number of carbonyl (C=O) groups is 1. The number of allylic oxidation sites excluding steroid dienone is 1. The molecular weight excluding hydrogens is 276 g/mol. The number of imidazole rings is 1. The number of aromatic nitrogens is 2. The highest BCUT2D eigenvalue weighted by Crippen LogP contribution is 2.22. The number of nitrogens with zero attached hydrogens (tertiary/aromatic N) is 2. The van der Waals surface area contributed by atoms with Gasteiger partial charge in [-0.3, -0.25) is 4.79 Å². The van der Waals surface area contributed by atoms with Crippen LogP contribution in [0.4, 0.5) is 0 Å². The van der Waals surface area contributed by atoms with Crippen molar-refractivity contribution in [3.05, 3.63) is 41.2 Å². The summed E-state index contributed by atoms with van der Waals surface area (Å²) in [6.45, 7) is 6.58. The second-order valence-electron chi connectivity index (χ2n) is 4.95. The molecule has 0 bridgehead atoms. The van der Waals surface area contributed by atoms with Crippen molar-refractivity contribution in [1.29, 1.82) is 0 Å². The minimum Gasteiger partial charge on any atom is -0.481 e. The second-order valence-corrected chi connectivity index (χ2v) is 5.39. The molecule has 0 aliphatic heterocycles. The minimum absolute atomic E-state index is 0.150. The summed E-state index contributed by atoms with van der Waals surface area (Å²) in [4.78, 5) is 15.2. The number of hydrogen-bond donors (Lipinski definition) is 1. The van der Waals surface area contributed by atoms with Gasteiger partial charge in [-0.15, -0.1) is 0 Å². The Labute approximate surface area is 122 Å². The third kappa shape index (κ3) is 3.39. The van der Waals surface area contributed by atoms with Gasteiger partial charge in [0.15, 0.2) is 0 Å². The summed E-state index contributed by atoms with van der Waals surface area (Å²) in [5.74, 6) is 0.0992. The molecule has 5 heteroatoms. The van der Waals surface area contributed by atoms with Crippen molar-refractivity contribution in [1.82, 2.24) is 9.55 Å². The topological polar surface area (TPSA) is 55.1 Å². The third-order valence-electron chi connectivity index (χ3n) is 3.01. The molecule has 106 valence electrons. The molecule has 1 heterocycles. The number of carboxylic acids is 1. The number of carboxylic acid groups (broad SMARTS) is 1. The summed E-state index contributed by atoms with van der Waals surface area (Å²) in [5.41, 5.74) is 2.87. The van der Waals surface area contributed by atoms with Crippen LogP contribution in [0.5, 0.6) is 0 Å². The van der Waals surface area contributed by atoms with E-state index in [9.17, 15) is 4.79 Å². The van der Waals surface area contributed by atoms with Crippen LogP contribution in [0.2, 0.25) is 5.02 Å². The number of aliphatic carboxylic acids is 1. The molecule has 4 nitrogen and oxygen atoms in total. The van der Waals surface area contributed by atoms with Crippen molar-refractivity contribution in [3.63, 3.8) is 0 Å². The monoisotopic (exact) mass is 292 g/mol. The molecule has 0 fully saturated rings. The van der Waals surface area contributed by atoms with Crippen LogP contribution in [0.1, 0.15) is 25.6 Å². The number of halogens is 1. The minimum atomic E-state index is -0.782. The number of rotatable bonds is 6. The Bertz CT molecular complexity index is 661. The Balaban J connectivity index is 2.35. The fraction of sp³-hybridized carbons (Fsp3) is 0.333. The van der Waals surface area contributed by atoms with E-state index in [1.165, 1.54) is 0 Å². The van der Waals surface area contributed by atoms with E-state index in [1.807, 2.05) is 25.1 Å². The van der Waals surface area contributed by atoms with E-state index < -0.39 is 5.97 Å². The molecule has 0 saturated carbocycles. The van der Waals surface area contributed by atoms with Crippen LogP contribution < -0.4 is 0 Å². The quantitative estimate of drug-likeness (QED) is 0.826. The first kappa shape index (κ1) is 14.6. The summed E-state index contributed by atoms with van der Waals surface area (Å²) >= 11 is 5.99. The summed E-state index contributed by atoms with van der Waals surface area (Å²) in [7, 11) is 0. The molecule has 0 atom stereocenters. The van der Waals surface area contributed by atoms with E-state index in [-0.39, 0.29) is 6.42 Å². The Morgan fingerprint density at radius 3 is 2.90 bits per heavy atom. The number of fused-ring (bicyclic) bond motifs is 1. The van der Waals surface area contributed by atoms with Gasteiger partial charge in [-0.1, -0.05) is 23.8 Å². The Morgan fingerprint density at radius 2 is 2.25 bits per heavy atom. The van der Waals surface area contributed by atoms with Crippen molar-refractivity contribution in [2.75, 3.05) is 0 Å². The molecule has 0 aliphatic carbocycles. The first-order valence-corrected chi connectivity index (χ1v) is 6.86. The van der Waals surface area contributed by atoms with Crippen LogP contribution in [0.15, 0.2) is 30.4 Å². The lowest BCUT2D eigenvalue weighted by molar-refractivity contribution is -0.137. The zero-order chi connectivity index (χ0) is 14.7. The normalized spacial score (nSPS) is 10.9. The van der Waals surface area contributed by atoms with Crippen LogP contribution in [0.25, 0.3) is 11.0 Å². The van der Waals surface area contributed by atoms with Gasteiger partial charge in [0, 0.05) is 24.4 Å². The summed E-state index contributed by atoms with van der Waals surface area (Å²) in [6, 6.07) is 5.60. The Morgan fingerprint density at radius 1 is 1.50 bits per heavy atom. The van der Waals surface area contributed by atoms with Gasteiger partial charge in [0.1, 0.15) is 5.82 Å². The van der Waals surface area contributed by atoms with E-state index in [1.54, 1.807) is 0 Å². The van der Waals surface area contributed by atoms with Crippen molar-refractivity contribution >= 4 is 28.6 Å². The predicted molar refractivity (Wildman–Crippen MR) is 80.1 cm³/mol. The number of hydrogen-bond acceptors (Lipinski definition) is 2. The molecule has 1 N–H and O–H groups in total. The Hall–Kier alpha value is -1.81. The van der Waals surface area contributed by atoms with E-state index in [4.69, 9.17) is 16.7 Å². The van der Waals surface area contributed by atoms with E-state index in [0.29, 0.717) is 24.4 Å². The highest BCUT2D eigenvalue weighted by molar-refractivity contribution is 6.31. The van der Waals surface area contributed by atoms with Gasteiger partial charge in [0.2, 0.25) is 0 Å². The average Bonchev–Trinajstić information content (AvgIpc) is 2.65. The lowest BCUT2D eigenvalue weighted by Gasteiger charge is -2.08. The fourth-order valence-corrected chi connectivity index (χ4v) is 2.35. The molecule has 0 spiro atoms. The second kappa shape index (κ2) is 6.09. The molecule has 1 aromatic carbocycles. The standard InChI is InChI=1S/C15H17ClN2O2/c1-10(2)9-18-13-7-6-11(16)8-12(13)17-14(18)4-3-5-15(19)20/h6-8H,1,3-5,9H2,2H3,(H,19,20). The largest absolute Gasteiger partial charge is 0.481 e. The van der Waals surface area contributed by atoms with Crippen LogP contribution in [-0.2, 0) is 17.8 Å². The lowest BCUT2D eigenvalue weighted by atomic mass is 10.2. The van der Waals surface area contributed by atoms with Crippen molar-refractivity contribution in [3.8, 4) is 0 Å². The van der Waals surface area contributed by atoms with Gasteiger partial charge in [0.25, 0.3) is 0 Å². The fourth-order valence-electron chi connectivity index (χ4n) is 2.19. The van der Waals surface area contributed by atoms with E-state index in [0.717, 1.165) is 22.4 Å². The molecule has 0 unspecified atom stereocenters. The van der Waals surface area contributed by atoms with Crippen LogP contribution in [-0.4, -0.2) is 20.6 Å². The van der Waals surface area contributed by atoms with Crippen molar-refractivity contribution in [2.45, 2.75) is 32.7 Å². The molecule has 2 rings (SSSR count). The summed E-state index contributed by atoms with van der Waals surface area (Å²) < 4.78 is 2.08. The van der Waals surface area contributed by atoms with Gasteiger partial charge >= 0.3 is 5.97 Å². The molecule has 0 saturated heterocycles. The van der Waals surface area contributed by atoms with Crippen LogP contribution >= 0.6 is 11.6 Å². The van der Waals surface area contributed by atoms with E-state index in [2.05, 4.69) is 16.1 Å². The summed E-state index contributed by atoms with van der Waals surface area (Å²) in [5, 5.41) is 9.37. The van der Waals surface area contributed by atoms with Gasteiger partial charge in [-0.2, -0.15) is 0 Å². The van der Waals surface area contributed by atoms with Gasteiger partial charge in [-0.05, 0) is 31.5 Å². The third-order valence-corrected chi connectivity index (χ3v) is 3.24. The molecule has 1 aromatic heterocycles. The smallest absolute Gasteiger partial charge is 0.303 e. The first-order valence-electron chi connectivity index (χ1n) is 6.48. The highest BCUT2D eigenvalue weighted by Gasteiger charge is 2.11. The average molecular weight is 293 g/mol. The van der Waals surface area contributed by atoms with Crippen molar-refractivity contribution in [2.24, 2.45) is 0 Å². The molecule has 0 aliphatic rings. The number of aryl methyl sites for hydroxylation is 1. The highest BCUT2D eigenvalue weighted by atomic mass is 35.5. The SMILES string of the molecule is C=C(C)Cn1c(CCCC(=O)O)nc2cc(Cl)ccc21. The maximum absolute atomic E-state index is 10.6. The van der Waals surface area contributed by atoms with E-state index >= 15 is 0 Å². The zero-order valence-electron chi connectivity index (χ0n) is 11.4.